The lowest BCUT2D eigenvalue weighted by Crippen LogP contribution is -2.14. The zero-order chi connectivity index (χ0) is 24.3. The van der Waals surface area contributed by atoms with Crippen molar-refractivity contribution in [2.75, 3.05) is 25.6 Å². The van der Waals surface area contributed by atoms with Crippen LogP contribution in [0.1, 0.15) is 78.7 Å². The van der Waals surface area contributed by atoms with E-state index in [0.29, 0.717) is 35.3 Å². The maximum absolute atomic E-state index is 12.7. The van der Waals surface area contributed by atoms with E-state index in [1.54, 1.807) is 20.1 Å². The van der Waals surface area contributed by atoms with E-state index in [4.69, 9.17) is 14.2 Å². The van der Waals surface area contributed by atoms with Gasteiger partial charge in [0.05, 0.1) is 25.9 Å². The minimum absolute atomic E-state index is 0.292. The molecule has 1 N–H and O–H groups in total. The SMILES string of the molecule is CCCCCCOc1ccc(C=CC(=O)Nc2sc3c(c2C(=O)OCC)CCCC3)cc1OC. The lowest BCUT2D eigenvalue weighted by molar-refractivity contribution is -0.111. The van der Waals surface area contributed by atoms with Gasteiger partial charge >= 0.3 is 5.97 Å². The van der Waals surface area contributed by atoms with Crippen LogP contribution in [0.25, 0.3) is 6.08 Å². The van der Waals surface area contributed by atoms with Gasteiger partial charge in [0, 0.05) is 11.0 Å². The molecule has 0 saturated heterocycles. The number of benzene rings is 1. The van der Waals surface area contributed by atoms with E-state index >= 15 is 0 Å². The summed E-state index contributed by atoms with van der Waals surface area (Å²) in [6.45, 7) is 4.93. The molecule has 0 bridgehead atoms. The first-order chi connectivity index (χ1) is 16.6. The van der Waals surface area contributed by atoms with Crippen LogP contribution >= 0.6 is 11.3 Å². The van der Waals surface area contributed by atoms with Gasteiger partial charge in [0.2, 0.25) is 5.91 Å². The summed E-state index contributed by atoms with van der Waals surface area (Å²) in [4.78, 5) is 26.4. The van der Waals surface area contributed by atoms with Crippen LogP contribution in [0.3, 0.4) is 0 Å². The Morgan fingerprint density at radius 1 is 1.09 bits per heavy atom. The van der Waals surface area contributed by atoms with Gasteiger partial charge in [0.25, 0.3) is 0 Å². The maximum atomic E-state index is 12.7. The van der Waals surface area contributed by atoms with Crippen LogP contribution in [0, 0.1) is 0 Å². The molecule has 1 amide bonds. The van der Waals surface area contributed by atoms with E-state index in [-0.39, 0.29) is 11.9 Å². The van der Waals surface area contributed by atoms with Crippen molar-refractivity contribution in [3.05, 3.63) is 45.8 Å². The third-order valence-corrected chi connectivity index (χ3v) is 6.97. The quantitative estimate of drug-likeness (QED) is 0.213. The van der Waals surface area contributed by atoms with Gasteiger partial charge < -0.3 is 19.5 Å². The summed E-state index contributed by atoms with van der Waals surface area (Å²) in [5, 5.41) is 3.47. The second-order valence-corrected chi connectivity index (χ2v) is 9.38. The number of hydrogen-bond acceptors (Lipinski definition) is 6. The molecule has 2 aromatic rings. The number of anilines is 1. The Balaban J connectivity index is 1.67. The summed E-state index contributed by atoms with van der Waals surface area (Å²) in [7, 11) is 1.61. The van der Waals surface area contributed by atoms with Crippen molar-refractivity contribution in [3.8, 4) is 11.5 Å². The largest absolute Gasteiger partial charge is 0.493 e. The molecule has 0 spiro atoms. The number of esters is 1. The number of ether oxygens (including phenoxy) is 3. The second-order valence-electron chi connectivity index (χ2n) is 8.28. The Bertz CT molecular complexity index is 1010. The van der Waals surface area contributed by atoms with Crippen molar-refractivity contribution in [2.24, 2.45) is 0 Å². The predicted octanol–water partition coefficient (Wildman–Crippen LogP) is 6.42. The predicted molar refractivity (Wildman–Crippen MR) is 137 cm³/mol. The zero-order valence-electron chi connectivity index (χ0n) is 20.4. The highest BCUT2D eigenvalue weighted by atomic mass is 32.1. The molecule has 0 unspecified atom stereocenters. The average molecular weight is 486 g/mol. The van der Waals surface area contributed by atoms with Gasteiger partial charge in [-0.2, -0.15) is 0 Å². The fourth-order valence-electron chi connectivity index (χ4n) is 4.02. The molecule has 0 saturated carbocycles. The molecule has 0 atom stereocenters. The van der Waals surface area contributed by atoms with Crippen molar-refractivity contribution in [1.29, 1.82) is 0 Å². The van der Waals surface area contributed by atoms with Crippen LogP contribution in [0.2, 0.25) is 0 Å². The highest BCUT2D eigenvalue weighted by molar-refractivity contribution is 7.17. The van der Waals surface area contributed by atoms with Gasteiger partial charge in [0.1, 0.15) is 5.00 Å². The van der Waals surface area contributed by atoms with Gasteiger partial charge in [-0.05, 0) is 68.4 Å². The van der Waals surface area contributed by atoms with E-state index in [1.807, 2.05) is 18.2 Å². The van der Waals surface area contributed by atoms with Gasteiger partial charge in [-0.1, -0.05) is 32.3 Å². The number of aryl methyl sites for hydroxylation is 1. The van der Waals surface area contributed by atoms with Crippen LogP contribution in [-0.2, 0) is 22.4 Å². The number of nitrogens with one attached hydrogen (secondary N) is 1. The van der Waals surface area contributed by atoms with Crippen LogP contribution < -0.4 is 14.8 Å². The number of carbonyl (C=O) groups is 2. The first kappa shape index (κ1) is 25.8. The Morgan fingerprint density at radius 3 is 2.68 bits per heavy atom. The van der Waals surface area contributed by atoms with Crippen LogP contribution in [0.5, 0.6) is 11.5 Å². The fourth-order valence-corrected chi connectivity index (χ4v) is 5.30. The fraction of sp³-hybridized carbons (Fsp3) is 0.481. The topological polar surface area (TPSA) is 73.9 Å². The number of hydrogen-bond donors (Lipinski definition) is 1. The third kappa shape index (κ3) is 6.86. The van der Waals surface area contributed by atoms with E-state index in [0.717, 1.165) is 49.7 Å². The standard InChI is InChI=1S/C27H35NO5S/c1-4-6-7-10-17-33-21-15-13-19(18-22(21)31-3)14-16-24(29)28-26-25(27(30)32-5-2)20-11-8-9-12-23(20)34-26/h13-16,18H,4-12,17H2,1-3H3,(H,28,29). The Labute approximate surface area is 206 Å². The Hall–Kier alpha value is -2.80. The normalized spacial score (nSPS) is 12.9. The van der Waals surface area contributed by atoms with Gasteiger partial charge in [-0.15, -0.1) is 11.3 Å². The van der Waals surface area contributed by atoms with E-state index in [1.165, 1.54) is 35.1 Å². The van der Waals surface area contributed by atoms with Gasteiger partial charge in [-0.3, -0.25) is 4.79 Å². The van der Waals surface area contributed by atoms with Crippen LogP contribution in [0.4, 0.5) is 5.00 Å². The Morgan fingerprint density at radius 2 is 1.91 bits per heavy atom. The number of thiophene rings is 1. The zero-order valence-corrected chi connectivity index (χ0v) is 21.2. The molecular weight excluding hydrogens is 450 g/mol. The van der Waals surface area contributed by atoms with E-state index in [9.17, 15) is 9.59 Å². The molecule has 7 heteroatoms. The molecule has 34 heavy (non-hydrogen) atoms. The van der Waals surface area contributed by atoms with Crippen molar-refractivity contribution in [3.63, 3.8) is 0 Å². The Kier molecular flexibility index (Phi) is 10.0. The average Bonchev–Trinajstić information content (AvgIpc) is 3.21. The molecule has 0 aliphatic heterocycles. The molecule has 0 radical (unpaired) electrons. The monoisotopic (exact) mass is 485 g/mol. The van der Waals surface area contributed by atoms with Crippen LogP contribution in [-0.4, -0.2) is 32.2 Å². The molecule has 1 aromatic heterocycles. The number of rotatable bonds is 12. The molecular formula is C27H35NO5S. The van der Waals surface area contributed by atoms with Crippen LogP contribution in [0.15, 0.2) is 24.3 Å². The van der Waals surface area contributed by atoms with E-state index in [2.05, 4.69) is 12.2 Å². The highest BCUT2D eigenvalue weighted by Crippen LogP contribution is 2.38. The summed E-state index contributed by atoms with van der Waals surface area (Å²) in [5.41, 5.74) is 2.37. The lowest BCUT2D eigenvalue weighted by atomic mass is 9.95. The van der Waals surface area contributed by atoms with Gasteiger partial charge in [-0.25, -0.2) is 4.79 Å². The number of carbonyl (C=O) groups excluding carboxylic acids is 2. The maximum Gasteiger partial charge on any atom is 0.341 e. The number of unbranched alkanes of at least 4 members (excludes halogenated alkanes) is 3. The molecule has 6 nitrogen and oxygen atoms in total. The summed E-state index contributed by atoms with van der Waals surface area (Å²) >= 11 is 1.48. The smallest absolute Gasteiger partial charge is 0.341 e. The van der Waals surface area contributed by atoms with Crippen molar-refractivity contribution in [2.45, 2.75) is 65.2 Å². The van der Waals surface area contributed by atoms with E-state index < -0.39 is 0 Å². The van der Waals surface area contributed by atoms with Crippen molar-refractivity contribution in [1.82, 2.24) is 0 Å². The highest BCUT2D eigenvalue weighted by Gasteiger charge is 2.26. The van der Waals surface area contributed by atoms with Crippen molar-refractivity contribution < 1.29 is 23.8 Å². The molecule has 1 aromatic carbocycles. The van der Waals surface area contributed by atoms with Gasteiger partial charge in [0.15, 0.2) is 11.5 Å². The minimum atomic E-state index is -0.365. The summed E-state index contributed by atoms with van der Waals surface area (Å²) in [6, 6.07) is 5.60. The molecule has 0 fully saturated rings. The lowest BCUT2D eigenvalue weighted by Gasteiger charge is -2.12. The summed E-state index contributed by atoms with van der Waals surface area (Å²) in [6.07, 6.45) is 11.7. The first-order valence-corrected chi connectivity index (χ1v) is 13.0. The molecule has 3 rings (SSSR count). The molecule has 184 valence electrons. The molecule has 1 heterocycles. The summed E-state index contributed by atoms with van der Waals surface area (Å²) < 4.78 is 16.6. The molecule has 1 aliphatic carbocycles. The first-order valence-electron chi connectivity index (χ1n) is 12.2. The minimum Gasteiger partial charge on any atom is -0.493 e. The third-order valence-electron chi connectivity index (χ3n) is 5.76. The van der Waals surface area contributed by atoms with Crippen molar-refractivity contribution >= 4 is 34.3 Å². The second kappa shape index (κ2) is 13.2. The summed E-state index contributed by atoms with van der Waals surface area (Å²) in [5.74, 6) is 0.674. The number of methoxy groups -OCH3 is 1. The number of fused-ring (bicyclic) bond motifs is 1. The number of amides is 1. The molecule has 1 aliphatic rings.